The van der Waals surface area contributed by atoms with Crippen LogP contribution < -0.4 is 25.4 Å². The van der Waals surface area contributed by atoms with E-state index in [1.54, 1.807) is 14.2 Å². The summed E-state index contributed by atoms with van der Waals surface area (Å²) in [4.78, 5) is 16.3. The topological polar surface area (TPSA) is 84.0 Å². The molecule has 1 aromatic carbocycles. The van der Waals surface area contributed by atoms with Crippen LogP contribution >= 0.6 is 0 Å². The van der Waals surface area contributed by atoms with Crippen molar-refractivity contribution < 1.29 is 14.3 Å². The first-order valence-corrected chi connectivity index (χ1v) is 9.24. The molecule has 7 nitrogen and oxygen atoms in total. The van der Waals surface area contributed by atoms with E-state index in [-0.39, 0.29) is 12.5 Å². The Morgan fingerprint density at radius 3 is 2.65 bits per heavy atom. The molecule has 3 N–H and O–H groups in total. The molecule has 0 unspecified atom stereocenters. The van der Waals surface area contributed by atoms with E-state index < -0.39 is 0 Å². The average molecular weight is 362 g/mol. The molecule has 1 fully saturated rings. The van der Waals surface area contributed by atoms with Gasteiger partial charge >= 0.3 is 0 Å². The van der Waals surface area contributed by atoms with Crippen LogP contribution in [-0.2, 0) is 4.79 Å². The van der Waals surface area contributed by atoms with Crippen LogP contribution in [0.3, 0.4) is 0 Å². The Morgan fingerprint density at radius 1 is 1.23 bits per heavy atom. The number of aliphatic imine (C=N–C) groups is 1. The fourth-order valence-electron chi connectivity index (χ4n) is 3.03. The maximum absolute atomic E-state index is 12.1. The van der Waals surface area contributed by atoms with Gasteiger partial charge in [0.2, 0.25) is 5.91 Å². The van der Waals surface area contributed by atoms with Crippen molar-refractivity contribution in [2.24, 2.45) is 4.99 Å². The lowest BCUT2D eigenvalue weighted by atomic mass is 9.95. The molecule has 2 rings (SSSR count). The number of anilines is 1. The largest absolute Gasteiger partial charge is 0.493 e. The predicted molar refractivity (Wildman–Crippen MR) is 104 cm³/mol. The first-order chi connectivity index (χ1) is 12.7. The fraction of sp³-hybridized carbons (Fsp3) is 0.579. The van der Waals surface area contributed by atoms with Gasteiger partial charge in [-0.15, -0.1) is 0 Å². The summed E-state index contributed by atoms with van der Waals surface area (Å²) in [5.74, 6) is 1.85. The second-order valence-electron chi connectivity index (χ2n) is 6.25. The van der Waals surface area contributed by atoms with Crippen LogP contribution in [0.5, 0.6) is 11.5 Å². The monoisotopic (exact) mass is 362 g/mol. The number of amides is 1. The molecule has 1 amide bonds. The van der Waals surface area contributed by atoms with Gasteiger partial charge in [0, 0.05) is 24.8 Å². The van der Waals surface area contributed by atoms with E-state index in [0.717, 1.165) is 18.5 Å². The third-order valence-corrected chi connectivity index (χ3v) is 4.34. The minimum absolute atomic E-state index is 0.00964. The number of nitrogens with one attached hydrogen (secondary N) is 3. The summed E-state index contributed by atoms with van der Waals surface area (Å²) in [7, 11) is 3.28. The highest BCUT2D eigenvalue weighted by molar-refractivity contribution is 5.96. The number of benzene rings is 1. The van der Waals surface area contributed by atoms with Gasteiger partial charge in [0.1, 0.15) is 0 Å². The summed E-state index contributed by atoms with van der Waals surface area (Å²) >= 11 is 0. The number of guanidine groups is 1. The van der Waals surface area contributed by atoms with Crippen molar-refractivity contribution in [2.75, 3.05) is 32.6 Å². The zero-order valence-electron chi connectivity index (χ0n) is 15.9. The van der Waals surface area contributed by atoms with Crippen molar-refractivity contribution in [1.82, 2.24) is 10.6 Å². The second-order valence-corrected chi connectivity index (χ2v) is 6.25. The lowest BCUT2D eigenvalue weighted by Crippen LogP contribution is -2.44. The van der Waals surface area contributed by atoms with Crippen molar-refractivity contribution in [1.29, 1.82) is 0 Å². The Bertz CT molecular complexity index is 613. The van der Waals surface area contributed by atoms with Crippen molar-refractivity contribution in [3.05, 3.63) is 18.2 Å². The number of carbonyl (C=O) groups excluding carboxylic acids is 1. The standard InChI is InChI=1S/C19H30N4O3/c1-4-26-17-12-15(10-11-16(17)25-3)23-19(20-2)21-13-18(24)22-14-8-6-5-7-9-14/h10-12,14H,4-9,13H2,1-3H3,(H,22,24)(H2,20,21,23). The molecule has 1 aliphatic carbocycles. The number of methoxy groups -OCH3 is 1. The second kappa shape index (κ2) is 10.5. The lowest BCUT2D eigenvalue weighted by Gasteiger charge is -2.23. The summed E-state index contributed by atoms with van der Waals surface area (Å²) in [6.07, 6.45) is 5.81. The van der Waals surface area contributed by atoms with E-state index in [1.807, 2.05) is 25.1 Å². The van der Waals surface area contributed by atoms with Crippen molar-refractivity contribution >= 4 is 17.6 Å². The van der Waals surface area contributed by atoms with Crippen molar-refractivity contribution in [3.63, 3.8) is 0 Å². The highest BCUT2D eigenvalue weighted by atomic mass is 16.5. The molecule has 0 aromatic heterocycles. The molecular weight excluding hydrogens is 332 g/mol. The van der Waals surface area contributed by atoms with E-state index in [0.29, 0.717) is 30.1 Å². The highest BCUT2D eigenvalue weighted by Gasteiger charge is 2.15. The van der Waals surface area contributed by atoms with Crippen LogP contribution in [0.4, 0.5) is 5.69 Å². The van der Waals surface area contributed by atoms with Crippen LogP contribution in [0.1, 0.15) is 39.0 Å². The third kappa shape index (κ3) is 6.13. The molecule has 7 heteroatoms. The predicted octanol–water partition coefficient (Wildman–Crippen LogP) is 2.53. The molecule has 0 bridgehead atoms. The van der Waals surface area contributed by atoms with Crippen molar-refractivity contribution in [2.45, 2.75) is 45.1 Å². The smallest absolute Gasteiger partial charge is 0.239 e. The van der Waals surface area contributed by atoms with E-state index >= 15 is 0 Å². The SMILES string of the molecule is CCOc1cc(NC(=NC)NCC(=O)NC2CCCCC2)ccc1OC. The van der Waals surface area contributed by atoms with Gasteiger partial charge in [0.15, 0.2) is 17.5 Å². The number of nitrogens with zero attached hydrogens (tertiary/aromatic N) is 1. The van der Waals surface area contributed by atoms with E-state index in [2.05, 4.69) is 20.9 Å². The summed E-state index contributed by atoms with van der Waals surface area (Å²) in [5.41, 5.74) is 0.801. The molecular formula is C19H30N4O3. The highest BCUT2D eigenvalue weighted by Crippen LogP contribution is 2.30. The minimum Gasteiger partial charge on any atom is -0.493 e. The quantitative estimate of drug-likeness (QED) is 0.513. The molecule has 0 aliphatic heterocycles. The van der Waals surface area contributed by atoms with E-state index in [1.165, 1.54) is 19.3 Å². The van der Waals surface area contributed by atoms with Crippen molar-refractivity contribution in [3.8, 4) is 11.5 Å². The van der Waals surface area contributed by atoms with Gasteiger partial charge in [-0.05, 0) is 31.9 Å². The Kier molecular flexibility index (Phi) is 8.05. The van der Waals surface area contributed by atoms with E-state index in [4.69, 9.17) is 9.47 Å². The van der Waals surface area contributed by atoms with Gasteiger partial charge in [0.05, 0.1) is 20.3 Å². The summed E-state index contributed by atoms with van der Waals surface area (Å²) in [6, 6.07) is 5.85. The zero-order valence-corrected chi connectivity index (χ0v) is 15.9. The Morgan fingerprint density at radius 2 is 2.00 bits per heavy atom. The molecule has 1 aromatic rings. The summed E-state index contributed by atoms with van der Waals surface area (Å²) in [6.45, 7) is 2.66. The van der Waals surface area contributed by atoms with Gasteiger partial charge in [-0.3, -0.25) is 9.79 Å². The minimum atomic E-state index is -0.00964. The Hall–Kier alpha value is -2.44. The number of hydrogen-bond acceptors (Lipinski definition) is 4. The number of carbonyl (C=O) groups is 1. The van der Waals surface area contributed by atoms with Crippen LogP contribution in [0, 0.1) is 0 Å². The number of ether oxygens (including phenoxy) is 2. The molecule has 0 heterocycles. The normalized spacial score (nSPS) is 15.3. The number of hydrogen-bond donors (Lipinski definition) is 3. The Balaban J connectivity index is 1.86. The summed E-state index contributed by atoms with van der Waals surface area (Å²) < 4.78 is 10.9. The fourth-order valence-corrected chi connectivity index (χ4v) is 3.03. The lowest BCUT2D eigenvalue weighted by molar-refractivity contribution is -0.120. The van der Waals surface area contributed by atoms with Gasteiger partial charge in [-0.1, -0.05) is 19.3 Å². The maximum Gasteiger partial charge on any atom is 0.239 e. The average Bonchev–Trinajstić information content (AvgIpc) is 2.66. The molecule has 0 saturated heterocycles. The molecule has 144 valence electrons. The molecule has 0 radical (unpaired) electrons. The molecule has 1 saturated carbocycles. The van der Waals surface area contributed by atoms with Gasteiger partial charge in [-0.25, -0.2) is 0 Å². The first-order valence-electron chi connectivity index (χ1n) is 9.24. The first kappa shape index (κ1) is 19.9. The molecule has 0 atom stereocenters. The Labute approximate surface area is 155 Å². The molecule has 26 heavy (non-hydrogen) atoms. The van der Waals surface area contributed by atoms with E-state index in [9.17, 15) is 4.79 Å². The molecule has 0 spiro atoms. The van der Waals surface area contributed by atoms with Crippen LogP contribution in [0.25, 0.3) is 0 Å². The van der Waals surface area contributed by atoms with Gasteiger partial charge < -0.3 is 25.4 Å². The van der Waals surface area contributed by atoms with Gasteiger partial charge in [-0.2, -0.15) is 0 Å². The third-order valence-electron chi connectivity index (χ3n) is 4.34. The molecule has 1 aliphatic rings. The zero-order chi connectivity index (χ0) is 18.8. The van der Waals surface area contributed by atoms with Crippen LogP contribution in [-0.4, -0.2) is 45.2 Å². The van der Waals surface area contributed by atoms with Gasteiger partial charge in [0.25, 0.3) is 0 Å². The number of rotatable bonds is 7. The summed E-state index contributed by atoms with van der Waals surface area (Å²) in [5, 5.41) is 9.29. The maximum atomic E-state index is 12.1. The van der Waals surface area contributed by atoms with Crippen LogP contribution in [0.15, 0.2) is 23.2 Å². The van der Waals surface area contributed by atoms with Crippen LogP contribution in [0.2, 0.25) is 0 Å².